The molecule has 1 aromatic heterocycles. The zero-order valence-electron chi connectivity index (χ0n) is 8.84. The van der Waals surface area contributed by atoms with E-state index < -0.39 is 4.92 Å². The van der Waals surface area contributed by atoms with E-state index in [4.69, 9.17) is 5.73 Å². The first-order chi connectivity index (χ1) is 7.65. The number of aromatic nitrogens is 2. The molecule has 0 radical (unpaired) electrons. The van der Waals surface area contributed by atoms with Crippen molar-refractivity contribution in [3.63, 3.8) is 0 Å². The molecule has 0 fully saturated rings. The Bertz CT molecular complexity index is 373. The van der Waals surface area contributed by atoms with Crippen LogP contribution < -0.4 is 11.1 Å². The molecule has 0 aliphatic carbocycles. The lowest BCUT2D eigenvalue weighted by Gasteiger charge is -2.04. The van der Waals surface area contributed by atoms with E-state index in [2.05, 4.69) is 15.3 Å². The van der Waals surface area contributed by atoms with Gasteiger partial charge in [-0.15, -0.1) is 0 Å². The molecule has 0 aromatic carbocycles. The van der Waals surface area contributed by atoms with Gasteiger partial charge in [-0.3, -0.25) is 10.1 Å². The second kappa shape index (κ2) is 6.11. The van der Waals surface area contributed by atoms with Crippen molar-refractivity contribution in [2.24, 2.45) is 0 Å². The molecule has 1 aromatic rings. The van der Waals surface area contributed by atoms with Gasteiger partial charge >= 0.3 is 5.69 Å². The predicted molar refractivity (Wildman–Crippen MR) is 64.6 cm³/mol. The number of hydrogen-bond acceptors (Lipinski definition) is 7. The number of thioether (sulfide) groups is 1. The number of nitro groups is 1. The van der Waals surface area contributed by atoms with Crippen molar-refractivity contribution in [3.05, 3.63) is 16.3 Å². The van der Waals surface area contributed by atoms with E-state index in [1.807, 2.05) is 6.26 Å². The van der Waals surface area contributed by atoms with Crippen LogP contribution >= 0.6 is 11.8 Å². The highest BCUT2D eigenvalue weighted by molar-refractivity contribution is 7.98. The molecular formula is C8H13N5O2S. The van der Waals surface area contributed by atoms with Gasteiger partial charge in [0, 0.05) is 6.54 Å². The molecule has 1 heterocycles. The Morgan fingerprint density at radius 1 is 1.69 bits per heavy atom. The fraction of sp³-hybridized carbons (Fsp3) is 0.500. The summed E-state index contributed by atoms with van der Waals surface area (Å²) in [5.74, 6) is 1.24. The van der Waals surface area contributed by atoms with E-state index in [0.29, 0.717) is 5.95 Å². The topological polar surface area (TPSA) is 107 Å². The summed E-state index contributed by atoms with van der Waals surface area (Å²) < 4.78 is 0. The molecule has 0 unspecified atom stereocenters. The maximum Gasteiger partial charge on any atom is 0.329 e. The molecule has 88 valence electrons. The van der Waals surface area contributed by atoms with Crippen molar-refractivity contribution in [3.8, 4) is 0 Å². The van der Waals surface area contributed by atoms with Crippen molar-refractivity contribution in [2.75, 3.05) is 29.6 Å². The van der Waals surface area contributed by atoms with E-state index in [0.717, 1.165) is 24.9 Å². The minimum absolute atomic E-state index is 0.118. The summed E-state index contributed by atoms with van der Waals surface area (Å²) in [6.45, 7) is 0.720. The van der Waals surface area contributed by atoms with Crippen molar-refractivity contribution in [1.29, 1.82) is 0 Å². The first-order valence-corrected chi connectivity index (χ1v) is 6.04. The molecule has 1 rings (SSSR count). The monoisotopic (exact) mass is 243 g/mol. The number of hydrogen-bond donors (Lipinski definition) is 2. The third kappa shape index (κ3) is 3.54. The van der Waals surface area contributed by atoms with Gasteiger partial charge in [0.2, 0.25) is 11.8 Å². The van der Waals surface area contributed by atoms with Gasteiger partial charge in [-0.25, -0.2) is 4.98 Å². The fourth-order valence-electron chi connectivity index (χ4n) is 1.03. The highest BCUT2D eigenvalue weighted by Gasteiger charge is 2.13. The van der Waals surface area contributed by atoms with Crippen LogP contribution in [0.5, 0.6) is 0 Å². The Hall–Kier alpha value is -1.57. The van der Waals surface area contributed by atoms with Crippen LogP contribution in [0.3, 0.4) is 0 Å². The maximum absolute atomic E-state index is 10.5. The quantitative estimate of drug-likeness (QED) is 0.438. The Kier molecular flexibility index (Phi) is 4.77. The molecule has 7 nitrogen and oxygen atoms in total. The van der Waals surface area contributed by atoms with Crippen molar-refractivity contribution < 1.29 is 4.92 Å². The second-order valence-corrected chi connectivity index (χ2v) is 3.98. The average molecular weight is 243 g/mol. The number of nitrogens with zero attached hydrogens (tertiary/aromatic N) is 3. The largest absolute Gasteiger partial charge is 0.378 e. The van der Waals surface area contributed by atoms with Crippen molar-refractivity contribution in [1.82, 2.24) is 9.97 Å². The standard InChI is InChI=1S/C8H13N5O2S/c1-16-4-2-3-10-8-11-5-6(13(14)15)7(9)12-8/h5H,2-4H2,1H3,(H3,9,10,11,12). The fourth-order valence-corrected chi connectivity index (χ4v) is 1.46. The second-order valence-electron chi connectivity index (χ2n) is 2.99. The van der Waals surface area contributed by atoms with Crippen LogP contribution in [0.25, 0.3) is 0 Å². The molecule has 8 heteroatoms. The minimum atomic E-state index is -0.604. The van der Waals surface area contributed by atoms with Crippen LogP contribution in [0.2, 0.25) is 0 Å². The van der Waals surface area contributed by atoms with Crippen LogP contribution in [0, 0.1) is 10.1 Å². The summed E-state index contributed by atoms with van der Waals surface area (Å²) in [6, 6.07) is 0. The Morgan fingerprint density at radius 3 is 3.00 bits per heavy atom. The first kappa shape index (κ1) is 12.5. The molecule has 0 atom stereocenters. The molecule has 0 saturated heterocycles. The van der Waals surface area contributed by atoms with Gasteiger partial charge in [-0.1, -0.05) is 0 Å². The summed E-state index contributed by atoms with van der Waals surface area (Å²) in [5, 5.41) is 13.4. The maximum atomic E-state index is 10.5. The Balaban J connectivity index is 2.56. The van der Waals surface area contributed by atoms with Gasteiger partial charge in [0.15, 0.2) is 0 Å². The molecule has 3 N–H and O–H groups in total. The van der Waals surface area contributed by atoms with Crippen LogP contribution in [-0.4, -0.2) is 33.4 Å². The van der Waals surface area contributed by atoms with Gasteiger partial charge in [-0.2, -0.15) is 16.7 Å². The minimum Gasteiger partial charge on any atom is -0.378 e. The normalized spacial score (nSPS) is 10.1. The molecule has 16 heavy (non-hydrogen) atoms. The third-order valence-corrected chi connectivity index (χ3v) is 2.50. The SMILES string of the molecule is CSCCCNc1ncc([N+](=O)[O-])c(N)n1. The highest BCUT2D eigenvalue weighted by atomic mass is 32.2. The molecule has 0 bridgehead atoms. The summed E-state index contributed by atoms with van der Waals surface area (Å²) in [6.07, 6.45) is 4.11. The van der Waals surface area contributed by atoms with Crippen LogP contribution in [0.15, 0.2) is 6.20 Å². The lowest BCUT2D eigenvalue weighted by atomic mass is 10.5. The molecule has 0 aliphatic rings. The van der Waals surface area contributed by atoms with E-state index >= 15 is 0 Å². The Labute approximate surface area is 97.0 Å². The smallest absolute Gasteiger partial charge is 0.329 e. The van der Waals surface area contributed by atoms with Crippen LogP contribution in [0.1, 0.15) is 6.42 Å². The van der Waals surface area contributed by atoms with E-state index in [1.54, 1.807) is 11.8 Å². The molecule has 0 saturated carbocycles. The van der Waals surface area contributed by atoms with Gasteiger partial charge in [-0.05, 0) is 18.4 Å². The summed E-state index contributed by atoms with van der Waals surface area (Å²) in [4.78, 5) is 17.5. The van der Waals surface area contributed by atoms with E-state index in [9.17, 15) is 10.1 Å². The molecule has 0 amide bonds. The number of nitrogen functional groups attached to an aromatic ring is 1. The van der Waals surface area contributed by atoms with Gasteiger partial charge < -0.3 is 11.1 Å². The van der Waals surface area contributed by atoms with Crippen LogP contribution in [-0.2, 0) is 0 Å². The lowest BCUT2D eigenvalue weighted by Crippen LogP contribution is -2.08. The molecule has 0 aliphatic heterocycles. The third-order valence-electron chi connectivity index (χ3n) is 1.80. The zero-order chi connectivity index (χ0) is 12.0. The lowest BCUT2D eigenvalue weighted by molar-refractivity contribution is -0.384. The van der Waals surface area contributed by atoms with Crippen molar-refractivity contribution in [2.45, 2.75) is 6.42 Å². The molecular weight excluding hydrogens is 230 g/mol. The summed E-state index contributed by atoms with van der Waals surface area (Å²) >= 11 is 1.75. The Morgan fingerprint density at radius 2 is 2.44 bits per heavy atom. The number of nitrogens with one attached hydrogen (secondary N) is 1. The van der Waals surface area contributed by atoms with Crippen molar-refractivity contribution >= 4 is 29.2 Å². The van der Waals surface area contributed by atoms with Gasteiger partial charge in [0.25, 0.3) is 0 Å². The molecule has 0 spiro atoms. The first-order valence-electron chi connectivity index (χ1n) is 4.65. The van der Waals surface area contributed by atoms with E-state index in [1.165, 1.54) is 0 Å². The average Bonchev–Trinajstić information content (AvgIpc) is 2.24. The highest BCUT2D eigenvalue weighted by Crippen LogP contribution is 2.17. The van der Waals surface area contributed by atoms with Gasteiger partial charge in [0.1, 0.15) is 6.20 Å². The summed E-state index contributed by atoms with van der Waals surface area (Å²) in [5.41, 5.74) is 5.15. The van der Waals surface area contributed by atoms with Crippen LogP contribution in [0.4, 0.5) is 17.5 Å². The predicted octanol–water partition coefficient (Wildman–Crippen LogP) is 1.13. The van der Waals surface area contributed by atoms with E-state index in [-0.39, 0.29) is 11.5 Å². The number of rotatable bonds is 6. The zero-order valence-corrected chi connectivity index (χ0v) is 9.66. The summed E-state index contributed by atoms with van der Waals surface area (Å²) in [7, 11) is 0. The van der Waals surface area contributed by atoms with Gasteiger partial charge in [0.05, 0.1) is 4.92 Å². The number of nitrogens with two attached hydrogens (primary N) is 1. The number of anilines is 2.